The van der Waals surface area contributed by atoms with Gasteiger partial charge in [-0.2, -0.15) is 0 Å². The Morgan fingerprint density at radius 2 is 1.87 bits per heavy atom. The molecule has 0 bridgehead atoms. The average Bonchev–Trinajstić information content (AvgIpc) is 2.19. The summed E-state index contributed by atoms with van der Waals surface area (Å²) in [7, 11) is 0. The van der Waals surface area contributed by atoms with Gasteiger partial charge in [0.1, 0.15) is 0 Å². The minimum absolute atomic E-state index is 0.0289. The molecule has 1 atom stereocenters. The minimum Gasteiger partial charge on any atom is -0.350 e. The summed E-state index contributed by atoms with van der Waals surface area (Å²) < 4.78 is 0. The van der Waals surface area contributed by atoms with Gasteiger partial charge in [-0.1, -0.05) is 20.3 Å². The number of rotatable bonds is 5. The predicted octanol–water partition coefficient (Wildman–Crippen LogP) is 2.17. The van der Waals surface area contributed by atoms with E-state index in [1.807, 2.05) is 18.7 Å². The molecule has 0 aromatic rings. The number of nitrogens with one attached hydrogen (secondary N) is 1. The Labute approximate surface area is 98.2 Å². The minimum atomic E-state index is 0.0289. The van der Waals surface area contributed by atoms with Gasteiger partial charge in [-0.05, 0) is 32.0 Å². The highest BCUT2D eigenvalue weighted by Gasteiger charge is 2.11. The van der Waals surface area contributed by atoms with Gasteiger partial charge in [0.2, 0.25) is 5.91 Å². The Balaban J connectivity index is 4.00. The Morgan fingerprint density at radius 1 is 1.33 bits per heavy atom. The first-order valence-corrected chi connectivity index (χ1v) is 6.04. The lowest BCUT2D eigenvalue weighted by atomic mass is 10.1. The van der Waals surface area contributed by atoms with Gasteiger partial charge in [0.05, 0.1) is 0 Å². The van der Waals surface area contributed by atoms with Crippen molar-refractivity contribution in [2.45, 2.75) is 40.5 Å². The quantitative estimate of drug-likeness (QED) is 0.735. The molecule has 0 heterocycles. The topological polar surface area (TPSA) is 32.3 Å². The molecule has 0 aromatic heterocycles. The monoisotopic (exact) mass is 230 g/mol. The second-order valence-electron chi connectivity index (χ2n) is 3.74. The van der Waals surface area contributed by atoms with Gasteiger partial charge in [-0.15, -0.1) is 0 Å². The number of carbonyl (C=O) groups excluding carboxylic acids is 1. The Hall–Kier alpha value is -0.640. The molecule has 0 fully saturated rings. The fraction of sp³-hybridized carbons (Fsp3) is 0.818. The van der Waals surface area contributed by atoms with Crippen molar-refractivity contribution in [3.05, 3.63) is 0 Å². The zero-order valence-corrected chi connectivity index (χ0v) is 11.0. The van der Waals surface area contributed by atoms with E-state index in [9.17, 15) is 4.79 Å². The molecule has 0 aliphatic rings. The van der Waals surface area contributed by atoms with Crippen LogP contribution in [-0.4, -0.2) is 29.0 Å². The fourth-order valence-corrected chi connectivity index (χ4v) is 1.59. The van der Waals surface area contributed by atoms with Crippen LogP contribution in [0.1, 0.15) is 40.5 Å². The van der Waals surface area contributed by atoms with Crippen molar-refractivity contribution in [2.24, 2.45) is 5.92 Å². The second-order valence-corrected chi connectivity index (χ2v) is 4.13. The highest BCUT2D eigenvalue weighted by Crippen LogP contribution is 2.05. The molecule has 1 amide bonds. The highest BCUT2D eigenvalue weighted by atomic mass is 32.1. The van der Waals surface area contributed by atoms with Crippen LogP contribution in [0.3, 0.4) is 0 Å². The maximum absolute atomic E-state index is 11.5. The molecule has 0 aromatic carbocycles. The first kappa shape index (κ1) is 14.4. The first-order chi connectivity index (χ1) is 7.04. The van der Waals surface area contributed by atoms with Gasteiger partial charge in [0.25, 0.3) is 0 Å². The third kappa shape index (κ3) is 5.72. The third-order valence-corrected chi connectivity index (χ3v) is 2.89. The number of amides is 1. The molecule has 0 rings (SSSR count). The van der Waals surface area contributed by atoms with Crippen molar-refractivity contribution in [1.29, 1.82) is 0 Å². The van der Waals surface area contributed by atoms with Crippen LogP contribution in [-0.2, 0) is 4.79 Å². The highest BCUT2D eigenvalue weighted by molar-refractivity contribution is 7.80. The lowest BCUT2D eigenvalue weighted by Gasteiger charge is -2.22. The van der Waals surface area contributed by atoms with E-state index >= 15 is 0 Å². The third-order valence-electron chi connectivity index (χ3n) is 2.53. The predicted molar refractivity (Wildman–Crippen MR) is 67.7 cm³/mol. The fourth-order valence-electron chi connectivity index (χ4n) is 1.22. The van der Waals surface area contributed by atoms with Gasteiger partial charge in [0, 0.05) is 19.5 Å². The standard InChI is InChI=1S/C11H22N2OS/c1-5-9(4)8-10(14)12-11(15)13(6-2)7-3/h9H,5-8H2,1-4H3,(H,12,14,15)/t9-/m1/s1. The van der Waals surface area contributed by atoms with Crippen LogP contribution in [0, 0.1) is 5.92 Å². The second kappa shape index (κ2) is 7.63. The largest absolute Gasteiger partial charge is 0.350 e. The molecular weight excluding hydrogens is 208 g/mol. The number of carbonyl (C=O) groups is 1. The van der Waals surface area contributed by atoms with Crippen LogP contribution in [0.15, 0.2) is 0 Å². The van der Waals surface area contributed by atoms with Crippen LogP contribution in [0.4, 0.5) is 0 Å². The van der Waals surface area contributed by atoms with Crippen LogP contribution >= 0.6 is 12.2 Å². The zero-order valence-electron chi connectivity index (χ0n) is 10.2. The summed E-state index contributed by atoms with van der Waals surface area (Å²) in [6.45, 7) is 9.87. The summed E-state index contributed by atoms with van der Waals surface area (Å²) in [5.74, 6) is 0.450. The van der Waals surface area contributed by atoms with E-state index < -0.39 is 0 Å². The van der Waals surface area contributed by atoms with Gasteiger partial charge in [-0.3, -0.25) is 4.79 Å². The summed E-state index contributed by atoms with van der Waals surface area (Å²) >= 11 is 5.13. The number of nitrogens with zero attached hydrogens (tertiary/aromatic N) is 1. The Morgan fingerprint density at radius 3 is 2.27 bits per heavy atom. The lowest BCUT2D eigenvalue weighted by molar-refractivity contribution is -0.120. The maximum Gasteiger partial charge on any atom is 0.226 e. The molecule has 0 aliphatic heterocycles. The van der Waals surface area contributed by atoms with E-state index in [0.717, 1.165) is 19.5 Å². The summed E-state index contributed by atoms with van der Waals surface area (Å²) in [5, 5.41) is 3.31. The number of thiocarbonyl (C=S) groups is 1. The van der Waals surface area contributed by atoms with Crippen molar-refractivity contribution < 1.29 is 4.79 Å². The normalized spacial score (nSPS) is 12.0. The Kier molecular flexibility index (Phi) is 7.30. The molecule has 0 unspecified atom stereocenters. The number of hydrogen-bond acceptors (Lipinski definition) is 2. The molecule has 88 valence electrons. The van der Waals surface area contributed by atoms with E-state index in [2.05, 4.69) is 19.2 Å². The molecule has 0 radical (unpaired) electrons. The van der Waals surface area contributed by atoms with Crippen LogP contribution in [0.25, 0.3) is 0 Å². The van der Waals surface area contributed by atoms with Gasteiger partial charge in [-0.25, -0.2) is 0 Å². The van der Waals surface area contributed by atoms with E-state index in [1.165, 1.54) is 0 Å². The summed E-state index contributed by atoms with van der Waals surface area (Å²) in [6, 6.07) is 0. The van der Waals surface area contributed by atoms with Crippen molar-refractivity contribution >= 4 is 23.2 Å². The molecule has 4 heteroatoms. The first-order valence-electron chi connectivity index (χ1n) is 5.63. The lowest BCUT2D eigenvalue weighted by Crippen LogP contribution is -2.42. The van der Waals surface area contributed by atoms with E-state index in [-0.39, 0.29) is 5.91 Å². The van der Waals surface area contributed by atoms with E-state index in [1.54, 1.807) is 0 Å². The van der Waals surface area contributed by atoms with Crippen LogP contribution in [0.5, 0.6) is 0 Å². The SMILES string of the molecule is CC[C@@H](C)CC(=O)NC(=S)N(CC)CC. The molecule has 0 saturated carbocycles. The van der Waals surface area contributed by atoms with Gasteiger partial charge < -0.3 is 10.2 Å². The van der Waals surface area contributed by atoms with Crippen LogP contribution < -0.4 is 5.32 Å². The Bertz CT molecular complexity index is 215. The van der Waals surface area contributed by atoms with Crippen molar-refractivity contribution in [2.75, 3.05) is 13.1 Å². The van der Waals surface area contributed by atoms with Crippen LogP contribution in [0.2, 0.25) is 0 Å². The summed E-state index contributed by atoms with van der Waals surface area (Å²) in [6.07, 6.45) is 1.57. The van der Waals surface area contributed by atoms with Crippen molar-refractivity contribution in [3.8, 4) is 0 Å². The molecule has 15 heavy (non-hydrogen) atoms. The molecular formula is C11H22N2OS. The van der Waals surface area contributed by atoms with Crippen molar-refractivity contribution in [3.63, 3.8) is 0 Å². The molecule has 1 N–H and O–H groups in total. The van der Waals surface area contributed by atoms with E-state index in [0.29, 0.717) is 17.5 Å². The van der Waals surface area contributed by atoms with Crippen molar-refractivity contribution in [1.82, 2.24) is 10.2 Å². The van der Waals surface area contributed by atoms with Gasteiger partial charge >= 0.3 is 0 Å². The smallest absolute Gasteiger partial charge is 0.226 e. The summed E-state index contributed by atoms with van der Waals surface area (Å²) in [4.78, 5) is 13.5. The average molecular weight is 230 g/mol. The molecule has 0 aliphatic carbocycles. The van der Waals surface area contributed by atoms with Gasteiger partial charge in [0.15, 0.2) is 5.11 Å². The number of hydrogen-bond donors (Lipinski definition) is 1. The molecule has 0 spiro atoms. The molecule has 0 saturated heterocycles. The molecule has 3 nitrogen and oxygen atoms in total. The van der Waals surface area contributed by atoms with E-state index in [4.69, 9.17) is 12.2 Å². The summed E-state index contributed by atoms with van der Waals surface area (Å²) in [5.41, 5.74) is 0. The zero-order chi connectivity index (χ0) is 11.8. The maximum atomic E-state index is 11.5.